The van der Waals surface area contributed by atoms with Gasteiger partial charge in [-0.1, -0.05) is 18.5 Å². The van der Waals surface area contributed by atoms with E-state index in [9.17, 15) is 8.78 Å². The van der Waals surface area contributed by atoms with Crippen LogP contribution in [0.4, 0.5) is 8.78 Å². The van der Waals surface area contributed by atoms with Crippen molar-refractivity contribution in [3.63, 3.8) is 0 Å². The average molecular weight is 297 g/mol. The molecular formula is C12H15ClF2O2S. The maximum Gasteiger partial charge on any atom is 0.387 e. The van der Waals surface area contributed by atoms with E-state index in [1.165, 1.54) is 12.1 Å². The summed E-state index contributed by atoms with van der Waals surface area (Å²) in [5.41, 5.74) is 0.637. The molecule has 0 radical (unpaired) electrons. The Morgan fingerprint density at radius 3 is 2.78 bits per heavy atom. The van der Waals surface area contributed by atoms with Crippen LogP contribution in [-0.4, -0.2) is 24.1 Å². The zero-order valence-corrected chi connectivity index (χ0v) is 11.5. The van der Waals surface area contributed by atoms with Crippen LogP contribution in [0.1, 0.15) is 12.5 Å². The van der Waals surface area contributed by atoms with Gasteiger partial charge in [-0.3, -0.25) is 0 Å². The molecule has 1 aromatic carbocycles. The van der Waals surface area contributed by atoms with Crippen LogP contribution in [0.3, 0.4) is 0 Å². The molecule has 0 saturated carbocycles. The van der Waals surface area contributed by atoms with Crippen molar-refractivity contribution in [3.8, 4) is 5.75 Å². The largest absolute Gasteiger partial charge is 0.435 e. The van der Waals surface area contributed by atoms with E-state index in [1.807, 2.05) is 6.92 Å². The monoisotopic (exact) mass is 296 g/mol. The molecule has 0 aliphatic carbocycles. The lowest BCUT2D eigenvalue weighted by atomic mass is 10.2. The standard InChI is InChI=1S/C12H15ClF2O2S/c1-8(5-16)6-18-7-9-4-10(13)2-3-11(9)17-12(14)15/h2-4,8,12,16H,5-7H2,1H3. The number of aliphatic hydroxyl groups is 1. The molecule has 6 heteroatoms. The quantitative estimate of drug-likeness (QED) is 0.830. The van der Waals surface area contributed by atoms with Crippen LogP contribution in [0.25, 0.3) is 0 Å². The first-order valence-electron chi connectivity index (χ1n) is 5.44. The van der Waals surface area contributed by atoms with Crippen molar-refractivity contribution in [2.45, 2.75) is 19.3 Å². The number of ether oxygens (including phenoxy) is 1. The molecule has 0 fully saturated rings. The van der Waals surface area contributed by atoms with E-state index >= 15 is 0 Å². The smallest absolute Gasteiger partial charge is 0.387 e. The molecule has 102 valence electrons. The fraction of sp³-hybridized carbons (Fsp3) is 0.500. The molecule has 0 amide bonds. The number of halogens is 3. The molecular weight excluding hydrogens is 282 g/mol. The van der Waals surface area contributed by atoms with Gasteiger partial charge >= 0.3 is 6.61 Å². The summed E-state index contributed by atoms with van der Waals surface area (Å²) in [4.78, 5) is 0. The van der Waals surface area contributed by atoms with E-state index in [1.54, 1.807) is 17.8 Å². The first-order chi connectivity index (χ1) is 8.52. The van der Waals surface area contributed by atoms with Crippen molar-refractivity contribution in [2.75, 3.05) is 12.4 Å². The van der Waals surface area contributed by atoms with Crippen molar-refractivity contribution in [1.29, 1.82) is 0 Å². The third kappa shape index (κ3) is 5.42. The predicted octanol–water partition coefficient (Wildman–Crippen LogP) is 3.80. The van der Waals surface area contributed by atoms with E-state index in [0.717, 1.165) is 5.75 Å². The minimum Gasteiger partial charge on any atom is -0.435 e. The first kappa shape index (κ1) is 15.5. The number of rotatable bonds is 7. The van der Waals surface area contributed by atoms with Gasteiger partial charge in [-0.15, -0.1) is 0 Å². The normalized spacial score (nSPS) is 12.8. The molecule has 0 spiro atoms. The Kier molecular flexibility index (Phi) is 6.75. The summed E-state index contributed by atoms with van der Waals surface area (Å²) in [6.45, 7) is -0.809. The molecule has 0 saturated heterocycles. The summed E-state index contributed by atoms with van der Waals surface area (Å²) in [6, 6.07) is 4.58. The highest BCUT2D eigenvalue weighted by Gasteiger charge is 2.11. The van der Waals surface area contributed by atoms with Gasteiger partial charge in [-0.25, -0.2) is 0 Å². The van der Waals surface area contributed by atoms with Gasteiger partial charge in [0.1, 0.15) is 5.75 Å². The van der Waals surface area contributed by atoms with Crippen LogP contribution in [0, 0.1) is 5.92 Å². The Morgan fingerprint density at radius 1 is 1.44 bits per heavy atom. The third-order valence-electron chi connectivity index (χ3n) is 2.21. The Labute approximate surface area is 114 Å². The van der Waals surface area contributed by atoms with Gasteiger partial charge in [0, 0.05) is 22.9 Å². The fourth-order valence-corrected chi connectivity index (χ4v) is 2.56. The highest BCUT2D eigenvalue weighted by atomic mass is 35.5. The minimum atomic E-state index is -2.84. The molecule has 0 aliphatic rings. The van der Waals surface area contributed by atoms with Gasteiger partial charge in [0.05, 0.1) is 0 Å². The zero-order valence-electron chi connectivity index (χ0n) is 9.91. The summed E-state index contributed by atoms with van der Waals surface area (Å²) in [7, 11) is 0. The lowest BCUT2D eigenvalue weighted by molar-refractivity contribution is -0.0503. The molecule has 0 heterocycles. The van der Waals surface area contributed by atoms with Crippen LogP contribution in [0.15, 0.2) is 18.2 Å². The Bertz CT molecular complexity index is 377. The van der Waals surface area contributed by atoms with E-state index in [4.69, 9.17) is 16.7 Å². The fourth-order valence-electron chi connectivity index (χ4n) is 1.29. The van der Waals surface area contributed by atoms with Gasteiger partial charge in [-0.05, 0) is 29.9 Å². The van der Waals surface area contributed by atoms with Gasteiger partial charge in [-0.2, -0.15) is 20.5 Å². The molecule has 1 rings (SSSR count). The Morgan fingerprint density at radius 2 is 2.17 bits per heavy atom. The lowest BCUT2D eigenvalue weighted by Crippen LogP contribution is -2.06. The predicted molar refractivity (Wildman–Crippen MR) is 70.5 cm³/mol. The minimum absolute atomic E-state index is 0.114. The maximum atomic E-state index is 12.2. The van der Waals surface area contributed by atoms with Gasteiger partial charge in [0.25, 0.3) is 0 Å². The number of hydrogen-bond donors (Lipinski definition) is 1. The summed E-state index contributed by atoms with van der Waals surface area (Å²) >= 11 is 7.38. The van der Waals surface area contributed by atoms with Crippen LogP contribution in [-0.2, 0) is 5.75 Å². The van der Waals surface area contributed by atoms with Crippen LogP contribution in [0.2, 0.25) is 5.02 Å². The maximum absolute atomic E-state index is 12.2. The molecule has 1 unspecified atom stereocenters. The zero-order chi connectivity index (χ0) is 13.5. The highest BCUT2D eigenvalue weighted by Crippen LogP contribution is 2.28. The van der Waals surface area contributed by atoms with Crippen molar-refractivity contribution < 1.29 is 18.6 Å². The molecule has 18 heavy (non-hydrogen) atoms. The number of hydrogen-bond acceptors (Lipinski definition) is 3. The molecule has 0 aromatic heterocycles. The van der Waals surface area contributed by atoms with Crippen LogP contribution in [0.5, 0.6) is 5.75 Å². The van der Waals surface area contributed by atoms with Gasteiger partial charge < -0.3 is 9.84 Å². The first-order valence-corrected chi connectivity index (χ1v) is 6.98. The number of alkyl halides is 2. The summed E-state index contributed by atoms with van der Waals surface area (Å²) in [6.07, 6.45) is 0. The van der Waals surface area contributed by atoms with Crippen molar-refractivity contribution in [2.24, 2.45) is 5.92 Å². The average Bonchev–Trinajstić information content (AvgIpc) is 2.31. The van der Waals surface area contributed by atoms with Gasteiger partial charge in [0.15, 0.2) is 0 Å². The third-order valence-corrected chi connectivity index (χ3v) is 3.77. The molecule has 2 nitrogen and oxygen atoms in total. The summed E-state index contributed by atoms with van der Waals surface area (Å²) < 4.78 is 28.9. The number of aliphatic hydroxyl groups excluding tert-OH is 1. The van der Waals surface area contributed by atoms with Crippen molar-refractivity contribution in [3.05, 3.63) is 28.8 Å². The van der Waals surface area contributed by atoms with E-state index < -0.39 is 6.61 Å². The molecule has 1 aromatic rings. The van der Waals surface area contributed by atoms with E-state index in [-0.39, 0.29) is 18.3 Å². The Hall–Kier alpha value is -0.520. The molecule has 1 N–H and O–H groups in total. The SMILES string of the molecule is CC(CO)CSCc1cc(Cl)ccc1OC(F)F. The van der Waals surface area contributed by atoms with Crippen molar-refractivity contribution >= 4 is 23.4 Å². The number of benzene rings is 1. The topological polar surface area (TPSA) is 29.5 Å². The van der Waals surface area contributed by atoms with Crippen molar-refractivity contribution in [1.82, 2.24) is 0 Å². The lowest BCUT2D eigenvalue weighted by Gasteiger charge is -2.12. The molecule has 0 bridgehead atoms. The second-order valence-electron chi connectivity index (χ2n) is 3.93. The van der Waals surface area contributed by atoms with E-state index in [2.05, 4.69) is 4.74 Å². The molecule has 0 aliphatic heterocycles. The summed E-state index contributed by atoms with van der Waals surface area (Å²) in [5, 5.41) is 9.38. The van der Waals surface area contributed by atoms with Gasteiger partial charge in [0.2, 0.25) is 0 Å². The second-order valence-corrected chi connectivity index (χ2v) is 5.40. The Balaban J connectivity index is 2.64. The second kappa shape index (κ2) is 7.81. The summed E-state index contributed by atoms with van der Waals surface area (Å²) in [5.74, 6) is 1.59. The van der Waals surface area contributed by atoms with Crippen LogP contribution < -0.4 is 4.74 Å². The van der Waals surface area contributed by atoms with E-state index in [0.29, 0.717) is 16.3 Å². The van der Waals surface area contributed by atoms with Crippen LogP contribution >= 0.6 is 23.4 Å². The highest BCUT2D eigenvalue weighted by molar-refractivity contribution is 7.98. The number of thioether (sulfide) groups is 1. The molecule has 1 atom stereocenters.